The van der Waals surface area contributed by atoms with Crippen LogP contribution in [0, 0.1) is 0 Å². The Kier molecular flexibility index (Phi) is 3.45. The predicted molar refractivity (Wildman–Crippen MR) is 93.6 cm³/mol. The van der Waals surface area contributed by atoms with Crippen LogP contribution in [-0.2, 0) is 6.54 Å². The van der Waals surface area contributed by atoms with Crippen molar-refractivity contribution < 1.29 is 0 Å². The largest absolute Gasteiger partial charge is 0.319 e. The van der Waals surface area contributed by atoms with Crippen LogP contribution >= 0.6 is 22.9 Å². The first kappa shape index (κ1) is 13.6. The van der Waals surface area contributed by atoms with E-state index in [1.54, 1.807) is 11.3 Å². The summed E-state index contributed by atoms with van der Waals surface area (Å²) in [5.41, 5.74) is 3.34. The molecule has 4 aromatic rings. The van der Waals surface area contributed by atoms with E-state index in [0.29, 0.717) is 0 Å². The fourth-order valence-electron chi connectivity index (χ4n) is 2.65. The summed E-state index contributed by atoms with van der Waals surface area (Å²) in [6.07, 6.45) is 0. The highest BCUT2D eigenvalue weighted by Gasteiger charge is 2.13. The van der Waals surface area contributed by atoms with Gasteiger partial charge in [-0.05, 0) is 41.3 Å². The second-order valence-electron chi connectivity index (χ2n) is 5.12. The fraction of sp³-hybridized carbons (Fsp3) is 0.0556. The average molecular weight is 325 g/mol. The Labute approximate surface area is 137 Å². The smallest absolute Gasteiger partial charge is 0.151 e. The molecule has 22 heavy (non-hydrogen) atoms. The molecule has 2 aromatic carbocycles. The predicted octanol–water partition coefficient (Wildman–Crippen LogP) is 5.47. The molecule has 0 saturated heterocycles. The number of aromatic nitrogens is 2. The van der Waals surface area contributed by atoms with Crippen molar-refractivity contribution >= 4 is 34.0 Å². The van der Waals surface area contributed by atoms with Crippen LogP contribution in [0.4, 0.5) is 0 Å². The zero-order valence-corrected chi connectivity index (χ0v) is 13.3. The van der Waals surface area contributed by atoms with Gasteiger partial charge < -0.3 is 4.57 Å². The fourth-order valence-corrected chi connectivity index (χ4v) is 3.58. The van der Waals surface area contributed by atoms with Gasteiger partial charge in [-0.25, -0.2) is 4.98 Å². The van der Waals surface area contributed by atoms with Crippen LogP contribution in [0.25, 0.3) is 21.7 Å². The molecule has 0 fully saturated rings. The Morgan fingerprint density at radius 2 is 1.91 bits per heavy atom. The number of imidazole rings is 1. The highest BCUT2D eigenvalue weighted by molar-refractivity contribution is 7.13. The van der Waals surface area contributed by atoms with Crippen molar-refractivity contribution in [1.29, 1.82) is 0 Å². The molecule has 0 spiro atoms. The van der Waals surface area contributed by atoms with Crippen LogP contribution in [-0.4, -0.2) is 9.55 Å². The summed E-state index contributed by atoms with van der Waals surface area (Å²) in [4.78, 5) is 5.99. The van der Waals surface area contributed by atoms with E-state index in [0.717, 1.165) is 28.4 Å². The van der Waals surface area contributed by atoms with Crippen LogP contribution in [0.3, 0.4) is 0 Å². The lowest BCUT2D eigenvalue weighted by molar-refractivity contribution is 0.836. The minimum Gasteiger partial charge on any atom is -0.319 e. The molecule has 4 heteroatoms. The first-order valence-electron chi connectivity index (χ1n) is 7.05. The summed E-state index contributed by atoms with van der Waals surface area (Å²) in [6, 6.07) is 20.4. The molecule has 0 saturated carbocycles. The molecule has 2 nitrogen and oxygen atoms in total. The Morgan fingerprint density at radius 1 is 1.00 bits per heavy atom. The molecule has 0 atom stereocenters. The summed E-state index contributed by atoms with van der Waals surface area (Å²) in [5.74, 6) is 1.01. The van der Waals surface area contributed by atoms with E-state index in [4.69, 9.17) is 16.6 Å². The summed E-state index contributed by atoms with van der Waals surface area (Å²) in [6.45, 7) is 0.758. The molecule has 0 amide bonds. The molecule has 0 N–H and O–H groups in total. The van der Waals surface area contributed by atoms with Gasteiger partial charge in [0.1, 0.15) is 0 Å². The van der Waals surface area contributed by atoms with Crippen molar-refractivity contribution in [2.75, 3.05) is 0 Å². The van der Waals surface area contributed by atoms with Crippen LogP contribution in [0.5, 0.6) is 0 Å². The van der Waals surface area contributed by atoms with Gasteiger partial charge in [-0.2, -0.15) is 0 Å². The summed E-state index contributed by atoms with van der Waals surface area (Å²) >= 11 is 7.83. The number of para-hydroxylation sites is 2. The van der Waals surface area contributed by atoms with E-state index >= 15 is 0 Å². The number of nitrogens with zero attached hydrogens (tertiary/aromatic N) is 2. The van der Waals surface area contributed by atoms with Crippen LogP contribution in [0.1, 0.15) is 5.56 Å². The van der Waals surface area contributed by atoms with Gasteiger partial charge in [0.25, 0.3) is 0 Å². The Bertz CT molecular complexity index is 925. The van der Waals surface area contributed by atoms with Gasteiger partial charge in [-0.15, -0.1) is 11.3 Å². The summed E-state index contributed by atoms with van der Waals surface area (Å²) in [5, 5.41) is 2.85. The molecular formula is C18H13ClN2S. The highest BCUT2D eigenvalue weighted by atomic mass is 35.5. The molecule has 0 radical (unpaired) electrons. The molecule has 4 rings (SSSR count). The van der Waals surface area contributed by atoms with Gasteiger partial charge in [0.15, 0.2) is 5.82 Å². The van der Waals surface area contributed by atoms with E-state index < -0.39 is 0 Å². The minimum absolute atomic E-state index is 0.758. The second-order valence-corrected chi connectivity index (χ2v) is 6.50. The highest BCUT2D eigenvalue weighted by Crippen LogP contribution is 2.29. The van der Waals surface area contributed by atoms with Gasteiger partial charge in [0.2, 0.25) is 0 Å². The van der Waals surface area contributed by atoms with Crippen molar-refractivity contribution in [2.45, 2.75) is 6.54 Å². The van der Waals surface area contributed by atoms with Gasteiger partial charge in [-0.3, -0.25) is 0 Å². The molecule has 0 aliphatic heterocycles. The molecule has 0 unspecified atom stereocenters. The quantitative estimate of drug-likeness (QED) is 0.489. The van der Waals surface area contributed by atoms with Crippen LogP contribution in [0.2, 0.25) is 5.02 Å². The molecule has 0 bridgehead atoms. The zero-order chi connectivity index (χ0) is 14.9. The van der Waals surface area contributed by atoms with E-state index in [-0.39, 0.29) is 0 Å². The molecule has 108 valence electrons. The first-order chi connectivity index (χ1) is 10.8. The Morgan fingerprint density at radius 3 is 2.73 bits per heavy atom. The average Bonchev–Trinajstić information content (AvgIpc) is 3.15. The van der Waals surface area contributed by atoms with E-state index in [2.05, 4.69) is 46.3 Å². The van der Waals surface area contributed by atoms with E-state index in [9.17, 15) is 0 Å². The van der Waals surface area contributed by atoms with Crippen LogP contribution in [0.15, 0.2) is 66.0 Å². The van der Waals surface area contributed by atoms with Gasteiger partial charge in [0, 0.05) is 11.6 Å². The molecular weight excluding hydrogens is 312 g/mol. The van der Waals surface area contributed by atoms with Crippen molar-refractivity contribution in [1.82, 2.24) is 9.55 Å². The number of fused-ring (bicyclic) bond motifs is 1. The van der Waals surface area contributed by atoms with Gasteiger partial charge >= 0.3 is 0 Å². The number of hydrogen-bond acceptors (Lipinski definition) is 2. The number of rotatable bonds is 3. The lowest BCUT2D eigenvalue weighted by atomic mass is 10.2. The standard InChI is InChI=1S/C18H13ClN2S/c19-14-6-3-5-13(11-14)12-21-16-8-2-1-7-15(16)20-18(21)17-9-4-10-22-17/h1-11H,12H2. The van der Waals surface area contributed by atoms with Crippen molar-refractivity contribution in [3.63, 3.8) is 0 Å². The topological polar surface area (TPSA) is 17.8 Å². The van der Waals surface area contributed by atoms with E-state index in [1.165, 1.54) is 10.4 Å². The van der Waals surface area contributed by atoms with Crippen molar-refractivity contribution in [3.8, 4) is 10.7 Å². The SMILES string of the molecule is Clc1cccc(Cn2c(-c3cccs3)nc3ccccc32)c1. The lowest BCUT2D eigenvalue weighted by Gasteiger charge is -2.09. The Balaban J connectivity index is 1.89. The normalized spacial score (nSPS) is 11.1. The number of thiophene rings is 1. The maximum atomic E-state index is 6.12. The van der Waals surface area contributed by atoms with Crippen molar-refractivity contribution in [2.24, 2.45) is 0 Å². The van der Waals surface area contributed by atoms with Gasteiger partial charge in [0.05, 0.1) is 15.9 Å². The maximum Gasteiger partial charge on any atom is 0.151 e. The summed E-state index contributed by atoms with van der Waals surface area (Å²) in [7, 11) is 0. The molecule has 2 heterocycles. The minimum atomic E-state index is 0.758. The second kappa shape index (κ2) is 5.59. The molecule has 2 aromatic heterocycles. The first-order valence-corrected chi connectivity index (χ1v) is 8.30. The lowest BCUT2D eigenvalue weighted by Crippen LogP contribution is -2.01. The molecule has 0 aliphatic carbocycles. The Hall–Kier alpha value is -2.10. The summed E-state index contributed by atoms with van der Waals surface area (Å²) < 4.78 is 2.26. The third kappa shape index (κ3) is 2.43. The maximum absolute atomic E-state index is 6.12. The molecule has 0 aliphatic rings. The third-order valence-corrected chi connectivity index (χ3v) is 4.73. The number of benzene rings is 2. The zero-order valence-electron chi connectivity index (χ0n) is 11.7. The monoisotopic (exact) mass is 324 g/mol. The van der Waals surface area contributed by atoms with Crippen LogP contribution < -0.4 is 0 Å². The van der Waals surface area contributed by atoms with E-state index in [1.807, 2.05) is 24.3 Å². The van der Waals surface area contributed by atoms with Crippen molar-refractivity contribution in [3.05, 3.63) is 76.6 Å². The number of halogens is 1. The van der Waals surface area contributed by atoms with Gasteiger partial charge in [-0.1, -0.05) is 41.9 Å². The number of hydrogen-bond donors (Lipinski definition) is 0. The third-order valence-electron chi connectivity index (χ3n) is 3.63.